The predicted molar refractivity (Wildman–Crippen MR) is 105 cm³/mol. The summed E-state index contributed by atoms with van der Waals surface area (Å²) in [6, 6.07) is 14.7. The van der Waals surface area contributed by atoms with E-state index in [4.69, 9.17) is 0 Å². The highest BCUT2D eigenvalue weighted by molar-refractivity contribution is 7.21. The number of imide groups is 1. The first kappa shape index (κ1) is 17.9. The van der Waals surface area contributed by atoms with Gasteiger partial charge in [-0.05, 0) is 38.1 Å². The number of rotatable bonds is 5. The molecule has 1 atom stereocenters. The summed E-state index contributed by atoms with van der Waals surface area (Å²) in [5.41, 5.74) is 2.74. The molecule has 0 spiro atoms. The van der Waals surface area contributed by atoms with Crippen LogP contribution >= 0.6 is 11.3 Å². The van der Waals surface area contributed by atoms with Gasteiger partial charge in [0, 0.05) is 17.8 Å². The lowest BCUT2D eigenvalue weighted by atomic mass is 10.2. The van der Waals surface area contributed by atoms with Gasteiger partial charge in [0.05, 0.1) is 10.2 Å². The summed E-state index contributed by atoms with van der Waals surface area (Å²) < 4.78 is 1.13. The number of anilines is 1. The summed E-state index contributed by atoms with van der Waals surface area (Å²) in [4.78, 5) is 28.2. The van der Waals surface area contributed by atoms with Crippen LogP contribution in [0.5, 0.6) is 0 Å². The van der Waals surface area contributed by atoms with Gasteiger partial charge in [0.2, 0.25) is 5.91 Å². The van der Waals surface area contributed by atoms with Gasteiger partial charge in [0.15, 0.2) is 0 Å². The van der Waals surface area contributed by atoms with Crippen molar-refractivity contribution in [1.82, 2.24) is 15.6 Å². The molecule has 3 N–H and O–H groups in total. The van der Waals surface area contributed by atoms with Gasteiger partial charge < -0.3 is 10.6 Å². The first-order chi connectivity index (χ1) is 12.6. The number of hydrogen-bond acceptors (Lipinski definition) is 5. The Balaban J connectivity index is 1.72. The molecule has 3 rings (SSSR count). The van der Waals surface area contributed by atoms with E-state index in [1.165, 1.54) is 0 Å². The van der Waals surface area contributed by atoms with Gasteiger partial charge >= 0.3 is 6.03 Å². The fraction of sp³-hybridized carbons (Fsp3) is 0.211. The van der Waals surface area contributed by atoms with Crippen molar-refractivity contribution in [3.05, 3.63) is 48.5 Å². The van der Waals surface area contributed by atoms with Crippen LogP contribution in [0.2, 0.25) is 0 Å². The number of carbonyl (C=O) groups excluding carboxylic acids is 2. The van der Waals surface area contributed by atoms with Crippen molar-refractivity contribution >= 4 is 39.2 Å². The van der Waals surface area contributed by atoms with Crippen LogP contribution in [0.15, 0.2) is 48.5 Å². The molecule has 0 aliphatic carbocycles. The molecule has 1 aromatic heterocycles. The number of hydrogen-bond donors (Lipinski definition) is 3. The molecule has 6 nitrogen and oxygen atoms in total. The quantitative estimate of drug-likeness (QED) is 0.642. The van der Waals surface area contributed by atoms with Crippen molar-refractivity contribution in [2.24, 2.45) is 0 Å². The standard InChI is InChI=1S/C19H20N4O2S/c1-3-20-19(25)23-17(24)12(2)21-14-8-6-7-13(11-14)18-22-15-9-4-5-10-16(15)26-18/h4-12,21H,3H2,1-2H3,(H2,20,23,24,25). The highest BCUT2D eigenvalue weighted by Gasteiger charge is 2.15. The molecule has 0 saturated carbocycles. The summed E-state index contributed by atoms with van der Waals surface area (Å²) in [5, 5.41) is 8.88. The molecule has 0 aliphatic heterocycles. The molecule has 3 aromatic rings. The number of nitrogens with zero attached hydrogens (tertiary/aromatic N) is 1. The fourth-order valence-corrected chi connectivity index (χ4v) is 3.44. The smallest absolute Gasteiger partial charge is 0.321 e. The zero-order valence-electron chi connectivity index (χ0n) is 14.6. The van der Waals surface area contributed by atoms with Crippen LogP contribution in [0.1, 0.15) is 13.8 Å². The van der Waals surface area contributed by atoms with Crippen molar-refractivity contribution in [1.29, 1.82) is 0 Å². The van der Waals surface area contributed by atoms with Gasteiger partial charge in [-0.15, -0.1) is 11.3 Å². The minimum atomic E-state index is -0.553. The number of fused-ring (bicyclic) bond motifs is 1. The summed E-state index contributed by atoms with van der Waals surface area (Å²) in [7, 11) is 0. The van der Waals surface area contributed by atoms with Gasteiger partial charge in [-0.2, -0.15) is 0 Å². The minimum absolute atomic E-state index is 0.388. The molecule has 0 fully saturated rings. The van der Waals surface area contributed by atoms with Crippen LogP contribution in [0.25, 0.3) is 20.8 Å². The first-order valence-electron chi connectivity index (χ1n) is 8.38. The average Bonchev–Trinajstić information content (AvgIpc) is 3.06. The molecule has 3 amide bonds. The number of thiazole rings is 1. The van der Waals surface area contributed by atoms with E-state index in [0.717, 1.165) is 26.5 Å². The molecular weight excluding hydrogens is 348 g/mol. The Bertz CT molecular complexity index is 905. The molecule has 0 bridgehead atoms. The van der Waals surface area contributed by atoms with Crippen LogP contribution < -0.4 is 16.0 Å². The lowest BCUT2D eigenvalue weighted by Crippen LogP contribution is -2.45. The molecule has 0 saturated heterocycles. The summed E-state index contributed by atoms with van der Waals surface area (Å²) in [6.45, 7) is 3.96. The van der Waals surface area contributed by atoms with Crippen molar-refractivity contribution in [3.8, 4) is 10.6 Å². The third kappa shape index (κ3) is 4.18. The largest absolute Gasteiger partial charge is 0.374 e. The molecule has 1 heterocycles. The number of amides is 3. The second-order valence-corrected chi connectivity index (χ2v) is 6.81. The van der Waals surface area contributed by atoms with Gasteiger partial charge in [0.1, 0.15) is 11.0 Å². The second kappa shape index (κ2) is 7.97. The third-order valence-corrected chi connectivity index (χ3v) is 4.84. The number of para-hydroxylation sites is 1. The molecular formula is C19H20N4O2S. The van der Waals surface area contributed by atoms with Crippen molar-refractivity contribution in [2.75, 3.05) is 11.9 Å². The SMILES string of the molecule is CCNC(=O)NC(=O)C(C)Nc1cccc(-c2nc3ccccc3s2)c1. The topological polar surface area (TPSA) is 83.1 Å². The first-order valence-corrected chi connectivity index (χ1v) is 9.19. The van der Waals surface area contributed by atoms with Crippen LogP contribution in [-0.2, 0) is 4.79 Å². The Hall–Kier alpha value is -2.93. The van der Waals surface area contributed by atoms with Gasteiger partial charge in [-0.25, -0.2) is 9.78 Å². The predicted octanol–water partition coefficient (Wildman–Crippen LogP) is 3.61. The van der Waals surface area contributed by atoms with E-state index in [0.29, 0.717) is 6.54 Å². The van der Waals surface area contributed by atoms with Crippen molar-refractivity contribution < 1.29 is 9.59 Å². The Morgan fingerprint density at radius 1 is 1.15 bits per heavy atom. The van der Waals surface area contributed by atoms with E-state index in [-0.39, 0.29) is 5.91 Å². The number of aromatic nitrogens is 1. The zero-order valence-corrected chi connectivity index (χ0v) is 15.4. The second-order valence-electron chi connectivity index (χ2n) is 5.78. The number of benzene rings is 2. The van der Waals surface area contributed by atoms with Gasteiger partial charge in [0.25, 0.3) is 0 Å². The van der Waals surface area contributed by atoms with Gasteiger partial charge in [-0.3, -0.25) is 10.1 Å². The van der Waals surface area contributed by atoms with E-state index >= 15 is 0 Å². The van der Waals surface area contributed by atoms with E-state index in [9.17, 15) is 9.59 Å². The average molecular weight is 368 g/mol. The summed E-state index contributed by atoms with van der Waals surface area (Å²) in [5.74, 6) is -0.388. The number of carbonyl (C=O) groups is 2. The lowest BCUT2D eigenvalue weighted by molar-refractivity contribution is -0.120. The minimum Gasteiger partial charge on any atom is -0.374 e. The molecule has 134 valence electrons. The van der Waals surface area contributed by atoms with Crippen LogP contribution in [0.3, 0.4) is 0 Å². The fourth-order valence-electron chi connectivity index (χ4n) is 2.48. The van der Waals surface area contributed by atoms with Crippen molar-refractivity contribution in [3.63, 3.8) is 0 Å². The Labute approximate surface area is 155 Å². The Morgan fingerprint density at radius 3 is 2.73 bits per heavy atom. The Morgan fingerprint density at radius 2 is 1.96 bits per heavy atom. The van der Waals surface area contributed by atoms with Crippen LogP contribution in [-0.4, -0.2) is 29.5 Å². The highest BCUT2D eigenvalue weighted by atomic mass is 32.1. The molecule has 7 heteroatoms. The zero-order chi connectivity index (χ0) is 18.5. The van der Waals surface area contributed by atoms with E-state index in [1.54, 1.807) is 25.2 Å². The number of nitrogens with one attached hydrogen (secondary N) is 3. The monoisotopic (exact) mass is 368 g/mol. The molecule has 2 aromatic carbocycles. The van der Waals surface area contributed by atoms with Gasteiger partial charge in [-0.1, -0.05) is 24.3 Å². The van der Waals surface area contributed by atoms with Crippen molar-refractivity contribution in [2.45, 2.75) is 19.9 Å². The molecule has 0 radical (unpaired) electrons. The van der Waals surface area contributed by atoms with Crippen LogP contribution in [0.4, 0.5) is 10.5 Å². The van der Waals surface area contributed by atoms with Crippen LogP contribution in [0, 0.1) is 0 Å². The number of urea groups is 1. The maximum absolute atomic E-state index is 12.1. The summed E-state index contributed by atoms with van der Waals surface area (Å²) >= 11 is 1.63. The summed E-state index contributed by atoms with van der Waals surface area (Å²) in [6.07, 6.45) is 0. The molecule has 1 unspecified atom stereocenters. The molecule has 26 heavy (non-hydrogen) atoms. The third-order valence-electron chi connectivity index (χ3n) is 3.75. The maximum Gasteiger partial charge on any atom is 0.321 e. The van der Waals surface area contributed by atoms with E-state index in [1.807, 2.05) is 48.5 Å². The Kier molecular flexibility index (Phi) is 5.48. The normalized spacial score (nSPS) is 11.8. The highest BCUT2D eigenvalue weighted by Crippen LogP contribution is 2.31. The van der Waals surface area contributed by atoms with E-state index < -0.39 is 12.1 Å². The lowest BCUT2D eigenvalue weighted by Gasteiger charge is -2.15. The van der Waals surface area contributed by atoms with E-state index in [2.05, 4.69) is 20.9 Å². The molecule has 0 aliphatic rings. The maximum atomic E-state index is 12.1.